The van der Waals surface area contributed by atoms with Crippen LogP contribution in [-0.4, -0.2) is 44.1 Å². The number of hydrogen-bond donors (Lipinski definition) is 1. The zero-order valence-electron chi connectivity index (χ0n) is 13.7. The van der Waals surface area contributed by atoms with Crippen LogP contribution in [-0.2, 0) is 16.1 Å². The summed E-state index contributed by atoms with van der Waals surface area (Å²) in [5.41, 5.74) is 0. The third kappa shape index (κ3) is 3.45. The van der Waals surface area contributed by atoms with E-state index in [1.807, 2.05) is 32.3 Å². The molecule has 1 unspecified atom stereocenters. The van der Waals surface area contributed by atoms with Gasteiger partial charge in [-0.25, -0.2) is 0 Å². The number of hydrogen-bond acceptors (Lipinski definition) is 4. The predicted octanol–water partition coefficient (Wildman–Crippen LogP) is 1.12. The first-order valence-corrected chi connectivity index (χ1v) is 7.87. The molecule has 1 atom stereocenters. The van der Waals surface area contributed by atoms with Gasteiger partial charge < -0.3 is 14.8 Å². The predicted molar refractivity (Wildman–Crippen MR) is 81.8 cm³/mol. The summed E-state index contributed by atoms with van der Waals surface area (Å²) < 4.78 is 1.92. The minimum absolute atomic E-state index is 0.0687. The summed E-state index contributed by atoms with van der Waals surface area (Å²) in [5, 5.41) is 10.8. The normalized spacial score (nSPS) is 16.6. The Bertz CT molecular complexity index is 538. The molecule has 0 radical (unpaired) electrons. The van der Waals surface area contributed by atoms with Gasteiger partial charge in [0.2, 0.25) is 11.8 Å². The van der Waals surface area contributed by atoms with Crippen LogP contribution in [0.3, 0.4) is 0 Å². The van der Waals surface area contributed by atoms with Crippen molar-refractivity contribution in [2.45, 2.75) is 59.2 Å². The Balaban J connectivity index is 2.02. The van der Waals surface area contributed by atoms with E-state index in [4.69, 9.17) is 0 Å². The average Bonchev–Trinajstić information content (AvgIpc) is 3.06. The van der Waals surface area contributed by atoms with E-state index in [1.165, 1.54) is 0 Å². The third-order valence-corrected chi connectivity index (χ3v) is 3.97. The van der Waals surface area contributed by atoms with E-state index < -0.39 is 6.04 Å². The van der Waals surface area contributed by atoms with Gasteiger partial charge in [-0.15, -0.1) is 10.2 Å². The number of aromatic nitrogens is 3. The van der Waals surface area contributed by atoms with Crippen LogP contribution in [0, 0.1) is 5.92 Å². The van der Waals surface area contributed by atoms with E-state index in [9.17, 15) is 9.59 Å². The highest BCUT2D eigenvalue weighted by atomic mass is 16.2. The summed E-state index contributed by atoms with van der Waals surface area (Å²) in [6.45, 7) is 8.99. The second-order valence-electron chi connectivity index (χ2n) is 6.35. The van der Waals surface area contributed by atoms with Crippen molar-refractivity contribution in [1.29, 1.82) is 0 Å². The fraction of sp³-hybridized carbons (Fsp3) is 0.733. The van der Waals surface area contributed by atoms with Gasteiger partial charge in [-0.2, -0.15) is 0 Å². The lowest BCUT2D eigenvalue weighted by Gasteiger charge is -2.29. The van der Waals surface area contributed by atoms with E-state index >= 15 is 0 Å². The highest BCUT2D eigenvalue weighted by Gasteiger charge is 2.34. The van der Waals surface area contributed by atoms with Crippen molar-refractivity contribution in [1.82, 2.24) is 25.0 Å². The molecule has 2 amide bonds. The fourth-order valence-corrected chi connectivity index (χ4v) is 2.86. The largest absolute Gasteiger partial charge is 0.347 e. The summed E-state index contributed by atoms with van der Waals surface area (Å²) in [4.78, 5) is 26.2. The molecule has 0 bridgehead atoms. The van der Waals surface area contributed by atoms with Crippen molar-refractivity contribution in [2.24, 2.45) is 5.92 Å². The Morgan fingerprint density at radius 3 is 2.64 bits per heavy atom. The Morgan fingerprint density at radius 1 is 1.36 bits per heavy atom. The lowest BCUT2D eigenvalue weighted by molar-refractivity contribution is -0.139. The van der Waals surface area contributed by atoms with E-state index in [2.05, 4.69) is 15.5 Å². The van der Waals surface area contributed by atoms with Crippen molar-refractivity contribution in [3.8, 4) is 0 Å². The molecular weight excluding hydrogens is 282 g/mol. The monoisotopic (exact) mass is 307 g/mol. The van der Waals surface area contributed by atoms with Gasteiger partial charge in [0.1, 0.15) is 12.4 Å². The lowest BCUT2D eigenvalue weighted by Crippen LogP contribution is -2.50. The van der Waals surface area contributed by atoms with E-state index in [-0.39, 0.29) is 23.8 Å². The molecule has 22 heavy (non-hydrogen) atoms. The second-order valence-corrected chi connectivity index (χ2v) is 6.35. The van der Waals surface area contributed by atoms with Gasteiger partial charge in [-0.3, -0.25) is 9.59 Å². The number of carbonyl (C=O) groups is 2. The number of carbonyl (C=O) groups excluding carboxylic acids is 2. The lowest BCUT2D eigenvalue weighted by atomic mass is 10.0. The quantitative estimate of drug-likeness (QED) is 0.854. The maximum atomic E-state index is 12.5. The van der Waals surface area contributed by atoms with Crippen LogP contribution >= 0.6 is 0 Å². The first-order chi connectivity index (χ1) is 10.4. The standard InChI is InChI=1S/C15H25N5O2/c1-10(2)14(19-7-5-6-13(19)21)15(22)16-8-12-18-17-9-20(12)11(3)4/h9-11,14H,5-8H2,1-4H3,(H,16,22). The molecule has 0 saturated carbocycles. The Hall–Kier alpha value is -1.92. The summed E-state index contributed by atoms with van der Waals surface area (Å²) >= 11 is 0. The van der Waals surface area contributed by atoms with Gasteiger partial charge >= 0.3 is 0 Å². The topological polar surface area (TPSA) is 80.1 Å². The Kier molecular flexibility index (Phi) is 5.15. The molecule has 7 nitrogen and oxygen atoms in total. The third-order valence-electron chi connectivity index (χ3n) is 3.97. The van der Waals surface area contributed by atoms with E-state index in [0.717, 1.165) is 12.2 Å². The molecule has 2 heterocycles. The molecular formula is C15H25N5O2. The van der Waals surface area contributed by atoms with Crippen LogP contribution in [0.4, 0.5) is 0 Å². The molecule has 7 heteroatoms. The molecule has 1 aromatic rings. The van der Waals surface area contributed by atoms with E-state index in [0.29, 0.717) is 19.5 Å². The zero-order valence-corrected chi connectivity index (χ0v) is 13.7. The zero-order chi connectivity index (χ0) is 16.3. The maximum Gasteiger partial charge on any atom is 0.243 e. The highest BCUT2D eigenvalue weighted by molar-refractivity contribution is 5.88. The van der Waals surface area contributed by atoms with Crippen molar-refractivity contribution in [2.75, 3.05) is 6.54 Å². The number of nitrogens with one attached hydrogen (secondary N) is 1. The molecule has 1 saturated heterocycles. The van der Waals surface area contributed by atoms with Gasteiger partial charge in [0.25, 0.3) is 0 Å². The van der Waals surface area contributed by atoms with Gasteiger partial charge in [-0.05, 0) is 26.2 Å². The minimum atomic E-state index is -0.412. The SMILES string of the molecule is CC(C)C(C(=O)NCc1nncn1C(C)C)N1CCCC1=O. The van der Waals surface area contributed by atoms with E-state index in [1.54, 1.807) is 11.2 Å². The first kappa shape index (κ1) is 16.5. The Morgan fingerprint density at radius 2 is 2.09 bits per heavy atom. The second kappa shape index (κ2) is 6.89. The number of nitrogens with zero attached hydrogens (tertiary/aromatic N) is 4. The van der Waals surface area contributed by atoms with Crippen molar-refractivity contribution < 1.29 is 9.59 Å². The fourth-order valence-electron chi connectivity index (χ4n) is 2.86. The molecule has 0 aliphatic carbocycles. The van der Waals surface area contributed by atoms with Crippen LogP contribution in [0.1, 0.15) is 52.4 Å². The van der Waals surface area contributed by atoms with Crippen molar-refractivity contribution in [3.63, 3.8) is 0 Å². The van der Waals surface area contributed by atoms with Gasteiger partial charge in [-0.1, -0.05) is 13.8 Å². The number of amides is 2. The van der Waals surface area contributed by atoms with Gasteiger partial charge in [0.05, 0.1) is 6.54 Å². The molecule has 1 aliphatic heterocycles. The molecule has 1 aliphatic rings. The average molecular weight is 307 g/mol. The molecule has 122 valence electrons. The number of rotatable bonds is 6. The smallest absolute Gasteiger partial charge is 0.243 e. The van der Waals surface area contributed by atoms with Crippen molar-refractivity contribution >= 4 is 11.8 Å². The van der Waals surface area contributed by atoms with Crippen LogP contribution in [0.25, 0.3) is 0 Å². The summed E-state index contributed by atoms with van der Waals surface area (Å²) in [7, 11) is 0. The molecule has 1 aromatic heterocycles. The minimum Gasteiger partial charge on any atom is -0.347 e. The van der Waals surface area contributed by atoms with Crippen LogP contribution in [0.15, 0.2) is 6.33 Å². The molecule has 1 fully saturated rings. The summed E-state index contributed by atoms with van der Waals surface area (Å²) in [5.74, 6) is 0.742. The number of likely N-dealkylation sites (tertiary alicyclic amines) is 1. The van der Waals surface area contributed by atoms with Crippen molar-refractivity contribution in [3.05, 3.63) is 12.2 Å². The van der Waals surface area contributed by atoms with Gasteiger partial charge in [0, 0.05) is 19.0 Å². The summed E-state index contributed by atoms with van der Waals surface area (Å²) in [6.07, 6.45) is 3.03. The summed E-state index contributed by atoms with van der Waals surface area (Å²) in [6, 6.07) is -0.173. The van der Waals surface area contributed by atoms with Gasteiger partial charge in [0.15, 0.2) is 5.82 Å². The molecule has 0 spiro atoms. The van der Waals surface area contributed by atoms with Crippen LogP contribution < -0.4 is 5.32 Å². The Labute approximate surface area is 131 Å². The van der Waals surface area contributed by atoms with Crippen LogP contribution in [0.2, 0.25) is 0 Å². The van der Waals surface area contributed by atoms with Crippen LogP contribution in [0.5, 0.6) is 0 Å². The molecule has 1 N–H and O–H groups in total. The molecule has 0 aromatic carbocycles. The molecule has 2 rings (SSSR count). The maximum absolute atomic E-state index is 12.5. The highest BCUT2D eigenvalue weighted by Crippen LogP contribution is 2.19. The first-order valence-electron chi connectivity index (χ1n) is 7.87.